The summed E-state index contributed by atoms with van der Waals surface area (Å²) in [5.74, 6) is 0.828. The number of nitro groups is 1. The molecule has 0 bridgehead atoms. The normalized spacial score (nSPS) is 14.5. The smallest absolute Gasteiger partial charge is 0.269 e. The number of hydrogen-bond acceptors (Lipinski definition) is 3. The van der Waals surface area contributed by atoms with Gasteiger partial charge in [-0.1, -0.05) is 18.2 Å². The lowest BCUT2D eigenvalue weighted by Crippen LogP contribution is -2.04. The van der Waals surface area contributed by atoms with Crippen molar-refractivity contribution in [2.45, 2.75) is 32.3 Å². The van der Waals surface area contributed by atoms with Crippen molar-refractivity contribution in [2.75, 3.05) is 0 Å². The van der Waals surface area contributed by atoms with Gasteiger partial charge < -0.3 is 4.74 Å². The van der Waals surface area contributed by atoms with Crippen LogP contribution in [0.15, 0.2) is 42.5 Å². The summed E-state index contributed by atoms with van der Waals surface area (Å²) in [7, 11) is 0. The van der Waals surface area contributed by atoms with Gasteiger partial charge in [-0.3, -0.25) is 10.1 Å². The molecule has 0 radical (unpaired) electrons. The van der Waals surface area contributed by atoms with Crippen molar-refractivity contribution in [1.82, 2.24) is 0 Å². The maximum absolute atomic E-state index is 10.8. The molecule has 0 saturated heterocycles. The van der Waals surface area contributed by atoms with Crippen LogP contribution in [0.2, 0.25) is 0 Å². The van der Waals surface area contributed by atoms with Gasteiger partial charge in [-0.05, 0) is 55.0 Å². The van der Waals surface area contributed by atoms with E-state index in [0.717, 1.165) is 24.2 Å². The molecule has 0 spiro atoms. The fraction of sp³-hybridized carbons (Fsp3) is 0.294. The standard InChI is InChI=1S/C17H17NO3/c1-12(14-5-3-7-16(10-14)18(19)20)21-17-9-8-13-4-2-6-15(13)11-17/h3,5,7-12H,2,4,6H2,1H3/t12-/m1/s1. The van der Waals surface area contributed by atoms with Crippen LogP contribution in [-0.4, -0.2) is 4.92 Å². The van der Waals surface area contributed by atoms with Crippen LogP contribution in [0.5, 0.6) is 5.75 Å². The Morgan fingerprint density at radius 3 is 2.76 bits per heavy atom. The molecule has 4 nitrogen and oxygen atoms in total. The molecule has 1 aliphatic rings. The second kappa shape index (κ2) is 5.56. The SMILES string of the molecule is C[C@@H](Oc1ccc2c(c1)CCC2)c1cccc([N+](=O)[O-])c1. The molecule has 1 aliphatic carbocycles. The number of non-ortho nitro benzene ring substituents is 1. The Kier molecular flexibility index (Phi) is 3.60. The monoisotopic (exact) mass is 283 g/mol. The van der Waals surface area contributed by atoms with Gasteiger partial charge in [-0.15, -0.1) is 0 Å². The van der Waals surface area contributed by atoms with E-state index in [1.54, 1.807) is 12.1 Å². The first-order valence-electron chi connectivity index (χ1n) is 7.16. The fourth-order valence-electron chi connectivity index (χ4n) is 2.78. The minimum absolute atomic E-state index is 0.0944. The van der Waals surface area contributed by atoms with Crippen LogP contribution < -0.4 is 4.74 Å². The van der Waals surface area contributed by atoms with Crippen LogP contribution >= 0.6 is 0 Å². The highest BCUT2D eigenvalue weighted by Crippen LogP contribution is 2.29. The average molecular weight is 283 g/mol. The first-order chi connectivity index (χ1) is 10.1. The quantitative estimate of drug-likeness (QED) is 0.623. The molecule has 108 valence electrons. The van der Waals surface area contributed by atoms with Crippen LogP contribution in [0.1, 0.15) is 36.1 Å². The number of rotatable bonds is 4. The van der Waals surface area contributed by atoms with E-state index in [2.05, 4.69) is 12.1 Å². The third-order valence-corrected chi connectivity index (χ3v) is 3.93. The molecule has 21 heavy (non-hydrogen) atoms. The summed E-state index contributed by atoms with van der Waals surface area (Å²) >= 11 is 0. The van der Waals surface area contributed by atoms with Gasteiger partial charge in [0.1, 0.15) is 11.9 Å². The lowest BCUT2D eigenvalue weighted by molar-refractivity contribution is -0.385. The Labute approximate surface area is 123 Å². The minimum Gasteiger partial charge on any atom is -0.486 e. The summed E-state index contributed by atoms with van der Waals surface area (Å²) < 4.78 is 5.94. The minimum atomic E-state index is -0.383. The predicted molar refractivity (Wildman–Crippen MR) is 80.6 cm³/mol. The summed E-state index contributed by atoms with van der Waals surface area (Å²) in [5, 5.41) is 10.8. The Morgan fingerprint density at radius 1 is 1.14 bits per heavy atom. The zero-order chi connectivity index (χ0) is 14.8. The summed E-state index contributed by atoms with van der Waals surface area (Å²) in [5.41, 5.74) is 3.67. The number of ether oxygens (including phenoxy) is 1. The Bertz CT molecular complexity index is 681. The van der Waals surface area contributed by atoms with Gasteiger partial charge in [0.25, 0.3) is 5.69 Å². The molecule has 0 N–H and O–H groups in total. The fourth-order valence-corrected chi connectivity index (χ4v) is 2.78. The zero-order valence-corrected chi connectivity index (χ0v) is 11.9. The van der Waals surface area contributed by atoms with E-state index in [0.29, 0.717) is 0 Å². The van der Waals surface area contributed by atoms with Gasteiger partial charge in [-0.25, -0.2) is 0 Å². The predicted octanol–water partition coefficient (Wildman–Crippen LogP) is 4.22. The molecular weight excluding hydrogens is 266 g/mol. The molecular formula is C17H17NO3. The maximum atomic E-state index is 10.8. The molecule has 2 aromatic rings. The van der Waals surface area contributed by atoms with Crippen molar-refractivity contribution in [2.24, 2.45) is 0 Å². The summed E-state index contributed by atoms with van der Waals surface area (Å²) in [6.45, 7) is 1.91. The molecule has 0 heterocycles. The number of benzene rings is 2. The molecule has 0 fully saturated rings. The summed E-state index contributed by atoms with van der Waals surface area (Å²) in [6.07, 6.45) is 3.25. The Morgan fingerprint density at radius 2 is 1.95 bits per heavy atom. The van der Waals surface area contributed by atoms with Gasteiger partial charge in [0.05, 0.1) is 4.92 Å². The number of aryl methyl sites for hydroxylation is 2. The third-order valence-electron chi connectivity index (χ3n) is 3.93. The van der Waals surface area contributed by atoms with Crippen LogP contribution in [0, 0.1) is 10.1 Å². The molecule has 0 aromatic heterocycles. The van der Waals surface area contributed by atoms with Crippen molar-refractivity contribution in [3.63, 3.8) is 0 Å². The molecule has 1 atom stereocenters. The van der Waals surface area contributed by atoms with Crippen molar-refractivity contribution in [1.29, 1.82) is 0 Å². The molecule has 0 unspecified atom stereocenters. The van der Waals surface area contributed by atoms with E-state index in [1.807, 2.05) is 19.1 Å². The lowest BCUT2D eigenvalue weighted by atomic mass is 10.1. The second-order valence-corrected chi connectivity index (χ2v) is 5.40. The van der Waals surface area contributed by atoms with E-state index in [-0.39, 0.29) is 16.7 Å². The number of nitro benzene ring substituents is 1. The average Bonchev–Trinajstić information content (AvgIpc) is 2.95. The van der Waals surface area contributed by atoms with Crippen molar-refractivity contribution < 1.29 is 9.66 Å². The van der Waals surface area contributed by atoms with Crippen molar-refractivity contribution in [3.05, 3.63) is 69.3 Å². The summed E-state index contributed by atoms with van der Waals surface area (Å²) in [6, 6.07) is 12.8. The Balaban J connectivity index is 1.78. The van der Waals surface area contributed by atoms with Crippen molar-refractivity contribution >= 4 is 5.69 Å². The lowest BCUT2D eigenvalue weighted by Gasteiger charge is -2.15. The molecule has 4 heteroatoms. The van der Waals surface area contributed by atoms with Gasteiger partial charge in [0.2, 0.25) is 0 Å². The van der Waals surface area contributed by atoms with Crippen molar-refractivity contribution in [3.8, 4) is 5.75 Å². The number of hydrogen-bond donors (Lipinski definition) is 0. The third kappa shape index (κ3) is 2.89. The van der Waals surface area contributed by atoms with Gasteiger partial charge in [-0.2, -0.15) is 0 Å². The van der Waals surface area contributed by atoms with E-state index in [1.165, 1.54) is 23.6 Å². The zero-order valence-electron chi connectivity index (χ0n) is 11.9. The molecule has 3 rings (SSSR count). The van der Waals surface area contributed by atoms with Crippen LogP contribution in [-0.2, 0) is 12.8 Å². The maximum Gasteiger partial charge on any atom is 0.269 e. The van der Waals surface area contributed by atoms with Gasteiger partial charge in [0, 0.05) is 12.1 Å². The van der Waals surface area contributed by atoms with E-state index >= 15 is 0 Å². The highest BCUT2D eigenvalue weighted by atomic mass is 16.6. The molecule has 0 saturated carbocycles. The van der Waals surface area contributed by atoms with E-state index in [4.69, 9.17) is 4.74 Å². The Hall–Kier alpha value is -2.36. The summed E-state index contributed by atoms with van der Waals surface area (Å²) in [4.78, 5) is 10.4. The molecule has 0 aliphatic heterocycles. The van der Waals surface area contributed by atoms with E-state index < -0.39 is 0 Å². The first kappa shape index (κ1) is 13.6. The topological polar surface area (TPSA) is 52.4 Å². The number of nitrogens with zero attached hydrogens (tertiary/aromatic N) is 1. The first-order valence-corrected chi connectivity index (χ1v) is 7.16. The second-order valence-electron chi connectivity index (χ2n) is 5.40. The number of fused-ring (bicyclic) bond motifs is 1. The van der Waals surface area contributed by atoms with E-state index in [9.17, 15) is 10.1 Å². The highest BCUT2D eigenvalue weighted by molar-refractivity contribution is 5.39. The highest BCUT2D eigenvalue weighted by Gasteiger charge is 2.15. The molecule has 0 amide bonds. The van der Waals surface area contributed by atoms with Gasteiger partial charge in [0.15, 0.2) is 0 Å². The largest absolute Gasteiger partial charge is 0.486 e. The van der Waals surface area contributed by atoms with Gasteiger partial charge >= 0.3 is 0 Å². The van der Waals surface area contributed by atoms with Crippen LogP contribution in [0.25, 0.3) is 0 Å². The van der Waals surface area contributed by atoms with Crippen LogP contribution in [0.3, 0.4) is 0 Å². The van der Waals surface area contributed by atoms with Crippen LogP contribution in [0.4, 0.5) is 5.69 Å². The molecule has 2 aromatic carbocycles.